The number of nitrogens with zero attached hydrogens (tertiary/aromatic N) is 8. The molecule has 4 aromatic rings. The number of unbranched alkanes of at least 4 members (excludes halogenated alkanes) is 2. The summed E-state index contributed by atoms with van der Waals surface area (Å²) in [5, 5.41) is 37.5. The van der Waals surface area contributed by atoms with Crippen molar-refractivity contribution in [1.29, 1.82) is 5.26 Å². The number of aliphatic hydroxyl groups is 2. The summed E-state index contributed by atoms with van der Waals surface area (Å²) in [5.41, 5.74) is 5.09. The van der Waals surface area contributed by atoms with Gasteiger partial charge in [-0.05, 0) is 69.0 Å². The number of nitriles is 1. The normalized spacial score (nSPS) is 24.8. The lowest BCUT2D eigenvalue weighted by atomic mass is 9.48. The molecule has 1 aliphatic carbocycles. The number of carbonyl (C=O) groups is 1. The van der Waals surface area contributed by atoms with E-state index in [9.17, 15) is 25.1 Å². The van der Waals surface area contributed by atoms with Crippen molar-refractivity contribution in [3.63, 3.8) is 0 Å². The molecule has 57 heavy (non-hydrogen) atoms. The average Bonchev–Trinajstić information content (AvgIpc) is 3.51. The molecule has 3 atom stereocenters. The van der Waals surface area contributed by atoms with Gasteiger partial charge in [-0.3, -0.25) is 14.1 Å². The van der Waals surface area contributed by atoms with E-state index in [1.807, 2.05) is 33.8 Å². The van der Waals surface area contributed by atoms with Gasteiger partial charge in [0.05, 0.1) is 28.8 Å². The van der Waals surface area contributed by atoms with Crippen molar-refractivity contribution in [2.45, 2.75) is 90.4 Å². The number of likely N-dealkylation sites (tertiary alicyclic amines) is 1. The summed E-state index contributed by atoms with van der Waals surface area (Å²) in [6, 6.07) is 13.1. The van der Waals surface area contributed by atoms with Gasteiger partial charge in [0.25, 0.3) is 0 Å². The second-order valence-electron chi connectivity index (χ2n) is 16.6. The molecule has 15 nitrogen and oxygen atoms in total. The number of ether oxygens (including phenoxy) is 2. The molecule has 0 bridgehead atoms. The predicted octanol–water partition coefficient (Wildman–Crippen LogP) is 4.04. The van der Waals surface area contributed by atoms with Crippen LogP contribution in [0, 0.1) is 22.2 Å². The lowest BCUT2D eigenvalue weighted by Crippen LogP contribution is -2.78. The van der Waals surface area contributed by atoms with Crippen LogP contribution in [0.2, 0.25) is 5.02 Å². The van der Waals surface area contributed by atoms with E-state index in [0.29, 0.717) is 52.7 Å². The predicted molar refractivity (Wildman–Crippen MR) is 214 cm³/mol. The molecular formula is C41H52ClN9O6. The molecule has 304 valence electrons. The number of aromatic nitrogens is 4. The number of anilines is 1. The number of hydrogen-bond acceptors (Lipinski definition) is 12. The third kappa shape index (κ3) is 7.93. The molecule has 0 spiro atoms. The van der Waals surface area contributed by atoms with Gasteiger partial charge in [0.1, 0.15) is 41.9 Å². The van der Waals surface area contributed by atoms with Crippen molar-refractivity contribution < 1.29 is 24.5 Å². The molecular weight excluding hydrogens is 750 g/mol. The van der Waals surface area contributed by atoms with Crippen molar-refractivity contribution in [2.24, 2.45) is 16.6 Å². The molecule has 5 heterocycles. The quantitative estimate of drug-likeness (QED) is 0.165. The molecule has 0 unspecified atom stereocenters. The molecule has 1 saturated carbocycles. The Balaban J connectivity index is 0.915. The summed E-state index contributed by atoms with van der Waals surface area (Å²) in [6.07, 6.45) is 4.41. The third-order valence-corrected chi connectivity index (χ3v) is 12.3. The zero-order valence-electron chi connectivity index (χ0n) is 32.9. The van der Waals surface area contributed by atoms with Gasteiger partial charge in [-0.2, -0.15) is 5.26 Å². The van der Waals surface area contributed by atoms with Crippen LogP contribution in [0.4, 0.5) is 5.82 Å². The third-order valence-electron chi connectivity index (χ3n) is 12.0. The Morgan fingerprint density at radius 2 is 1.75 bits per heavy atom. The van der Waals surface area contributed by atoms with E-state index in [1.165, 1.54) is 15.3 Å². The second kappa shape index (κ2) is 16.3. The van der Waals surface area contributed by atoms with Crippen LogP contribution in [0.5, 0.6) is 11.5 Å². The lowest BCUT2D eigenvalue weighted by Gasteiger charge is -2.68. The minimum atomic E-state index is -1.19. The van der Waals surface area contributed by atoms with E-state index in [0.717, 1.165) is 57.8 Å². The van der Waals surface area contributed by atoms with Crippen molar-refractivity contribution in [2.75, 3.05) is 44.2 Å². The Kier molecular flexibility index (Phi) is 11.5. The van der Waals surface area contributed by atoms with Crippen LogP contribution in [0.25, 0.3) is 5.65 Å². The van der Waals surface area contributed by atoms with Crippen LogP contribution in [0.3, 0.4) is 0 Å². The van der Waals surface area contributed by atoms with Crippen molar-refractivity contribution in [3.05, 3.63) is 81.5 Å². The molecule has 2 saturated heterocycles. The fourth-order valence-electron chi connectivity index (χ4n) is 9.54. The van der Waals surface area contributed by atoms with Gasteiger partial charge in [0.2, 0.25) is 5.91 Å². The number of piperazine rings is 1. The maximum Gasteiger partial charge on any atom is 0.350 e. The number of rotatable bonds is 13. The minimum absolute atomic E-state index is 0.308. The average molecular weight is 802 g/mol. The SMILES string of the molecule is CC1(C)C(Oc2ccc(C#N)c(Cl)c2)C(C)(C)C1N1[C@H](O)CC[C@@H](n2nc3cc(OCCCCCN4CCN(c5ccc(C(N)=O)cn5)CC4)ccn3c2=O)[C@H]1O. The number of benzene rings is 1. The Morgan fingerprint density at radius 1 is 1.00 bits per heavy atom. The first-order chi connectivity index (χ1) is 27.2. The maximum atomic E-state index is 13.7. The molecule has 0 radical (unpaired) electrons. The molecule has 4 N–H and O–H groups in total. The van der Waals surface area contributed by atoms with Crippen LogP contribution in [-0.4, -0.2) is 109 Å². The van der Waals surface area contributed by atoms with E-state index in [4.69, 9.17) is 26.8 Å². The number of primary amides is 1. The van der Waals surface area contributed by atoms with Crippen molar-refractivity contribution >= 4 is 29.0 Å². The fraction of sp³-hybridized carbons (Fsp3) is 0.537. The first-order valence-corrected chi connectivity index (χ1v) is 20.0. The maximum absolute atomic E-state index is 13.7. The number of carbonyl (C=O) groups excluding carboxylic acids is 1. The summed E-state index contributed by atoms with van der Waals surface area (Å²) < 4.78 is 15.3. The number of aliphatic hydroxyl groups excluding tert-OH is 2. The largest absolute Gasteiger partial charge is 0.493 e. The zero-order valence-corrected chi connectivity index (χ0v) is 33.7. The second-order valence-corrected chi connectivity index (χ2v) is 17.0. The molecule has 1 aromatic carbocycles. The molecule has 2 aliphatic heterocycles. The smallest absolute Gasteiger partial charge is 0.350 e. The van der Waals surface area contributed by atoms with E-state index >= 15 is 0 Å². The Morgan fingerprint density at radius 3 is 2.42 bits per heavy atom. The number of nitrogens with two attached hydrogens (primary N) is 1. The van der Waals surface area contributed by atoms with E-state index in [2.05, 4.69) is 26.0 Å². The highest BCUT2D eigenvalue weighted by Crippen LogP contribution is 2.59. The Labute approximate surface area is 337 Å². The first-order valence-electron chi connectivity index (χ1n) is 19.7. The van der Waals surface area contributed by atoms with Gasteiger partial charge in [0, 0.05) is 67.6 Å². The van der Waals surface area contributed by atoms with Gasteiger partial charge in [-0.1, -0.05) is 39.3 Å². The summed E-state index contributed by atoms with van der Waals surface area (Å²) in [7, 11) is 0. The highest BCUT2D eigenvalue weighted by Gasteiger charge is 2.67. The summed E-state index contributed by atoms with van der Waals surface area (Å²) in [4.78, 5) is 35.8. The number of fused-ring (bicyclic) bond motifs is 1. The van der Waals surface area contributed by atoms with E-state index in [-0.39, 0.29) is 17.8 Å². The van der Waals surface area contributed by atoms with Crippen molar-refractivity contribution in [3.8, 4) is 17.6 Å². The van der Waals surface area contributed by atoms with Crippen molar-refractivity contribution in [1.82, 2.24) is 29.0 Å². The first kappa shape index (κ1) is 40.5. The van der Waals surface area contributed by atoms with Gasteiger partial charge in [-0.15, -0.1) is 5.10 Å². The Bertz CT molecular complexity index is 2160. The molecule has 16 heteroatoms. The molecule has 1 amide bonds. The van der Waals surface area contributed by atoms with Crippen LogP contribution >= 0.6 is 11.6 Å². The van der Waals surface area contributed by atoms with Crippen LogP contribution in [0.15, 0.2) is 59.7 Å². The lowest BCUT2D eigenvalue weighted by molar-refractivity contribution is -0.284. The highest BCUT2D eigenvalue weighted by molar-refractivity contribution is 6.31. The van der Waals surface area contributed by atoms with Gasteiger partial charge in [-0.25, -0.2) is 19.4 Å². The Hall–Kier alpha value is -4.72. The number of hydrogen-bond donors (Lipinski definition) is 3. The minimum Gasteiger partial charge on any atom is -0.493 e. The topological polar surface area (TPSA) is 188 Å². The van der Waals surface area contributed by atoms with Crippen LogP contribution in [-0.2, 0) is 0 Å². The molecule has 3 aromatic heterocycles. The molecule has 3 fully saturated rings. The summed E-state index contributed by atoms with van der Waals surface area (Å²) >= 11 is 6.29. The van der Waals surface area contributed by atoms with E-state index < -0.39 is 35.2 Å². The number of pyridine rings is 2. The van der Waals surface area contributed by atoms with Gasteiger partial charge in [0.15, 0.2) is 5.65 Å². The molecule has 7 rings (SSSR count). The van der Waals surface area contributed by atoms with Crippen LogP contribution in [0.1, 0.15) is 81.8 Å². The van der Waals surface area contributed by atoms with E-state index in [1.54, 1.807) is 47.5 Å². The molecule has 3 aliphatic rings. The standard InChI is InChI=1S/C41H52ClN9O6/c1-40(2)37(41(3,4)38(40)57-29-10-8-26(24-43)30(42)22-29)50-34(52)13-11-31(36(50)54)51-39(55)49-16-14-28(23-33(49)46-51)56-21-7-5-6-15-47-17-19-48(20-18-47)32-12-9-27(25-45-32)35(44)53/h8-10,12,14,16,22-23,25,31,34,36-38,52,54H,5-7,11,13,15,17-21H2,1-4H3,(H2,44,53)/t31-,34-,36-,37?,38?/m1/s1. The number of piperidine rings is 1. The van der Waals surface area contributed by atoms with Gasteiger partial charge >= 0.3 is 5.69 Å². The summed E-state index contributed by atoms with van der Waals surface area (Å²) in [6.45, 7) is 13.3. The van der Waals surface area contributed by atoms with Crippen LogP contribution < -0.4 is 25.8 Å². The number of amides is 1. The van der Waals surface area contributed by atoms with Gasteiger partial charge < -0.3 is 30.3 Å². The fourth-order valence-corrected chi connectivity index (χ4v) is 9.76. The zero-order chi connectivity index (χ0) is 40.6. The summed E-state index contributed by atoms with van der Waals surface area (Å²) in [5.74, 6) is 1.53. The number of halogens is 1. The highest BCUT2D eigenvalue weighted by atomic mass is 35.5. The monoisotopic (exact) mass is 801 g/mol.